The highest BCUT2D eigenvalue weighted by Crippen LogP contribution is 2.13. The Labute approximate surface area is 118 Å². The predicted molar refractivity (Wildman–Crippen MR) is 80.8 cm³/mol. The van der Waals surface area contributed by atoms with Gasteiger partial charge in [0.15, 0.2) is 0 Å². The molecule has 1 aromatic heterocycles. The first kappa shape index (κ1) is 16.3. The van der Waals surface area contributed by atoms with Gasteiger partial charge in [-0.1, -0.05) is 27.7 Å². The average molecular weight is 266 g/mol. The Hall–Kier alpha value is -0.800. The molecule has 1 heterocycles. The van der Waals surface area contributed by atoms with E-state index in [0.29, 0.717) is 6.54 Å². The van der Waals surface area contributed by atoms with Crippen LogP contribution in [0.1, 0.15) is 52.1 Å². The molecule has 110 valence electrons. The zero-order valence-corrected chi connectivity index (χ0v) is 13.0. The molecule has 0 saturated carbocycles. The zero-order valence-electron chi connectivity index (χ0n) is 13.0. The summed E-state index contributed by atoms with van der Waals surface area (Å²) in [6.07, 6.45) is 2.48. The van der Waals surface area contributed by atoms with Gasteiger partial charge in [0.25, 0.3) is 0 Å². The van der Waals surface area contributed by atoms with Crippen molar-refractivity contribution in [3.8, 4) is 0 Å². The summed E-state index contributed by atoms with van der Waals surface area (Å²) >= 11 is 0. The van der Waals surface area contributed by atoms with Gasteiger partial charge in [0, 0.05) is 0 Å². The van der Waals surface area contributed by atoms with Gasteiger partial charge in [0.1, 0.15) is 11.5 Å². The minimum atomic E-state index is 0.484. The van der Waals surface area contributed by atoms with E-state index in [2.05, 4.69) is 38.7 Å². The van der Waals surface area contributed by atoms with Crippen LogP contribution in [0.3, 0.4) is 0 Å². The average Bonchev–Trinajstić information content (AvgIpc) is 2.80. The lowest BCUT2D eigenvalue weighted by molar-refractivity contribution is 0.217. The molecule has 0 atom stereocenters. The molecule has 2 N–H and O–H groups in total. The molecule has 0 amide bonds. The van der Waals surface area contributed by atoms with Crippen molar-refractivity contribution in [2.24, 2.45) is 17.6 Å². The Morgan fingerprint density at radius 1 is 1.00 bits per heavy atom. The van der Waals surface area contributed by atoms with Gasteiger partial charge in [-0.15, -0.1) is 0 Å². The van der Waals surface area contributed by atoms with Crippen LogP contribution in [0.15, 0.2) is 16.5 Å². The number of rotatable bonds is 9. The van der Waals surface area contributed by atoms with Gasteiger partial charge in [-0.3, -0.25) is 4.90 Å². The third-order valence-electron chi connectivity index (χ3n) is 3.34. The molecule has 0 bridgehead atoms. The Morgan fingerprint density at radius 3 is 1.95 bits per heavy atom. The maximum Gasteiger partial charge on any atom is 0.118 e. The topological polar surface area (TPSA) is 42.4 Å². The van der Waals surface area contributed by atoms with Crippen LogP contribution in [-0.4, -0.2) is 18.0 Å². The van der Waals surface area contributed by atoms with Crippen LogP contribution in [0.25, 0.3) is 0 Å². The first-order valence-electron chi connectivity index (χ1n) is 7.51. The van der Waals surface area contributed by atoms with Crippen molar-refractivity contribution in [2.45, 2.75) is 53.6 Å². The Balaban J connectivity index is 2.51. The van der Waals surface area contributed by atoms with Gasteiger partial charge in [0.05, 0.1) is 13.1 Å². The van der Waals surface area contributed by atoms with E-state index in [4.69, 9.17) is 10.2 Å². The number of furan rings is 1. The van der Waals surface area contributed by atoms with E-state index in [0.717, 1.165) is 43.0 Å². The van der Waals surface area contributed by atoms with Gasteiger partial charge >= 0.3 is 0 Å². The highest BCUT2D eigenvalue weighted by Gasteiger charge is 2.10. The van der Waals surface area contributed by atoms with Crippen molar-refractivity contribution < 1.29 is 4.42 Å². The molecule has 3 heteroatoms. The monoisotopic (exact) mass is 266 g/mol. The number of nitrogens with zero attached hydrogens (tertiary/aromatic N) is 1. The molecule has 19 heavy (non-hydrogen) atoms. The van der Waals surface area contributed by atoms with Crippen LogP contribution in [0, 0.1) is 11.8 Å². The number of nitrogens with two attached hydrogens (primary N) is 1. The SMILES string of the molecule is CC(C)CCN(CCC(C)C)Cc1ccc(CN)o1. The van der Waals surface area contributed by atoms with Gasteiger partial charge in [-0.05, 0) is 49.9 Å². The summed E-state index contributed by atoms with van der Waals surface area (Å²) in [4.78, 5) is 2.50. The summed E-state index contributed by atoms with van der Waals surface area (Å²) in [6, 6.07) is 4.04. The van der Waals surface area contributed by atoms with Crippen molar-refractivity contribution in [3.05, 3.63) is 23.7 Å². The van der Waals surface area contributed by atoms with Crippen LogP contribution in [0.4, 0.5) is 0 Å². The number of hydrogen-bond acceptors (Lipinski definition) is 3. The molecule has 0 fully saturated rings. The Kier molecular flexibility index (Phi) is 7.17. The van der Waals surface area contributed by atoms with E-state index in [1.54, 1.807) is 0 Å². The molecule has 1 rings (SSSR count). The molecule has 0 aromatic carbocycles. The van der Waals surface area contributed by atoms with Crippen molar-refractivity contribution >= 4 is 0 Å². The van der Waals surface area contributed by atoms with Crippen LogP contribution < -0.4 is 5.73 Å². The second-order valence-corrected chi connectivity index (χ2v) is 6.21. The van der Waals surface area contributed by atoms with E-state index in [1.165, 1.54) is 12.8 Å². The molecule has 0 spiro atoms. The smallest absolute Gasteiger partial charge is 0.118 e. The van der Waals surface area contributed by atoms with E-state index >= 15 is 0 Å². The summed E-state index contributed by atoms with van der Waals surface area (Å²) in [5.74, 6) is 3.41. The van der Waals surface area contributed by atoms with Crippen LogP contribution in [-0.2, 0) is 13.1 Å². The van der Waals surface area contributed by atoms with Crippen molar-refractivity contribution in [1.82, 2.24) is 4.90 Å². The summed E-state index contributed by atoms with van der Waals surface area (Å²) in [5.41, 5.74) is 5.58. The fraction of sp³-hybridized carbons (Fsp3) is 0.750. The standard InChI is InChI=1S/C16H30N2O/c1-13(2)7-9-18(10-8-14(3)4)12-16-6-5-15(11-17)19-16/h5-6,13-14H,7-12,17H2,1-4H3. The lowest BCUT2D eigenvalue weighted by Crippen LogP contribution is -2.27. The van der Waals surface area contributed by atoms with Crippen LogP contribution >= 0.6 is 0 Å². The van der Waals surface area contributed by atoms with Crippen molar-refractivity contribution in [1.29, 1.82) is 0 Å². The minimum Gasteiger partial charge on any atom is -0.463 e. The van der Waals surface area contributed by atoms with Crippen molar-refractivity contribution in [3.63, 3.8) is 0 Å². The highest BCUT2D eigenvalue weighted by molar-refractivity contribution is 5.06. The van der Waals surface area contributed by atoms with E-state index in [1.807, 2.05) is 6.07 Å². The quantitative estimate of drug-likeness (QED) is 0.742. The van der Waals surface area contributed by atoms with Gasteiger partial charge in [-0.25, -0.2) is 0 Å². The maximum absolute atomic E-state index is 5.71. The second-order valence-electron chi connectivity index (χ2n) is 6.21. The molecule has 1 aromatic rings. The molecule has 0 aliphatic rings. The van der Waals surface area contributed by atoms with Gasteiger partial charge in [-0.2, -0.15) is 0 Å². The second kappa shape index (κ2) is 8.39. The Morgan fingerprint density at radius 2 is 1.53 bits per heavy atom. The molecular formula is C16H30N2O. The minimum absolute atomic E-state index is 0.484. The summed E-state index contributed by atoms with van der Waals surface area (Å²) in [5, 5.41) is 0. The zero-order chi connectivity index (χ0) is 14.3. The predicted octanol–water partition coefficient (Wildman–Crippen LogP) is 3.63. The van der Waals surface area contributed by atoms with E-state index in [-0.39, 0.29) is 0 Å². The molecule has 0 saturated heterocycles. The fourth-order valence-electron chi connectivity index (χ4n) is 1.99. The largest absolute Gasteiger partial charge is 0.463 e. The van der Waals surface area contributed by atoms with Crippen molar-refractivity contribution in [2.75, 3.05) is 13.1 Å². The fourth-order valence-corrected chi connectivity index (χ4v) is 1.99. The molecule has 3 nitrogen and oxygen atoms in total. The van der Waals surface area contributed by atoms with Crippen LogP contribution in [0.2, 0.25) is 0 Å². The highest BCUT2D eigenvalue weighted by atomic mass is 16.3. The summed E-state index contributed by atoms with van der Waals surface area (Å²) in [6.45, 7) is 12.8. The first-order chi connectivity index (χ1) is 9.01. The normalized spacial score (nSPS) is 12.0. The Bertz CT molecular complexity index is 332. The third kappa shape index (κ3) is 6.79. The lowest BCUT2D eigenvalue weighted by Gasteiger charge is -2.23. The molecular weight excluding hydrogens is 236 g/mol. The molecule has 0 aliphatic carbocycles. The van der Waals surface area contributed by atoms with Gasteiger partial charge < -0.3 is 10.2 Å². The number of hydrogen-bond donors (Lipinski definition) is 1. The molecule has 0 aliphatic heterocycles. The molecule has 0 unspecified atom stereocenters. The lowest BCUT2D eigenvalue weighted by atomic mass is 10.1. The van der Waals surface area contributed by atoms with Gasteiger partial charge in [0.2, 0.25) is 0 Å². The third-order valence-corrected chi connectivity index (χ3v) is 3.34. The first-order valence-corrected chi connectivity index (χ1v) is 7.51. The summed E-state index contributed by atoms with van der Waals surface area (Å²) in [7, 11) is 0. The maximum atomic E-state index is 5.71. The summed E-state index contributed by atoms with van der Waals surface area (Å²) < 4.78 is 5.71. The van der Waals surface area contributed by atoms with E-state index in [9.17, 15) is 0 Å². The van der Waals surface area contributed by atoms with E-state index < -0.39 is 0 Å². The molecule has 0 radical (unpaired) electrons. The van der Waals surface area contributed by atoms with Crippen LogP contribution in [0.5, 0.6) is 0 Å².